The van der Waals surface area contributed by atoms with Crippen LogP contribution in [0.1, 0.15) is 40.2 Å². The van der Waals surface area contributed by atoms with Crippen LogP contribution in [-0.2, 0) is 29.6 Å². The second-order valence-corrected chi connectivity index (χ2v) is 9.64. The second-order valence-electron chi connectivity index (χ2n) is 7.48. The van der Waals surface area contributed by atoms with E-state index >= 15 is 0 Å². The molecule has 0 saturated heterocycles. The Morgan fingerprint density at radius 3 is 2.10 bits per heavy atom. The van der Waals surface area contributed by atoms with Crippen LogP contribution >= 0.6 is 7.60 Å². The number of esters is 1. The highest BCUT2D eigenvalue weighted by Crippen LogP contribution is 2.56. The zero-order valence-electron chi connectivity index (χ0n) is 18.8. The van der Waals surface area contributed by atoms with Gasteiger partial charge in [0.25, 0.3) is 0 Å². The van der Waals surface area contributed by atoms with Gasteiger partial charge in [0.2, 0.25) is 0 Å². The van der Waals surface area contributed by atoms with E-state index < -0.39 is 30.7 Å². The van der Waals surface area contributed by atoms with E-state index in [0.717, 1.165) is 0 Å². The predicted molar refractivity (Wildman–Crippen MR) is 113 cm³/mol. The highest BCUT2D eigenvalue weighted by atomic mass is 31.2. The van der Waals surface area contributed by atoms with Crippen molar-refractivity contribution in [2.45, 2.75) is 52.3 Å². The van der Waals surface area contributed by atoms with Gasteiger partial charge in [-0.2, -0.15) is 5.26 Å². The van der Waals surface area contributed by atoms with Crippen molar-refractivity contribution < 1.29 is 32.6 Å². The van der Waals surface area contributed by atoms with Gasteiger partial charge in [0, 0.05) is 0 Å². The highest BCUT2D eigenvalue weighted by Gasteiger charge is 2.46. The number of rotatable bonds is 11. The quantitative estimate of drug-likeness (QED) is 0.368. The van der Waals surface area contributed by atoms with Crippen molar-refractivity contribution in [2.24, 2.45) is 5.92 Å². The van der Waals surface area contributed by atoms with E-state index in [4.69, 9.17) is 23.3 Å². The van der Waals surface area contributed by atoms with Crippen LogP contribution in [0.3, 0.4) is 0 Å². The molecule has 0 amide bonds. The predicted octanol–water partition coefficient (Wildman–Crippen LogP) is 4.36. The molecule has 0 radical (unpaired) electrons. The molecule has 9 heteroatoms. The Balaban J connectivity index is 3.42. The lowest BCUT2D eigenvalue weighted by atomic mass is 9.95. The van der Waals surface area contributed by atoms with Crippen LogP contribution in [0.5, 0.6) is 11.5 Å². The summed E-state index contributed by atoms with van der Waals surface area (Å²) in [5, 5.41) is 9.86. The summed E-state index contributed by atoms with van der Waals surface area (Å²) >= 11 is 0. The summed E-state index contributed by atoms with van der Waals surface area (Å²) in [5.41, 5.74) is -1.43. The SMILES string of the molecule is CCOP(=O)(OCC)C(C#N)[C@H](Cc1ccc(OC)c(OC)c1)C(=O)OC(C)(C)C. The average molecular weight is 441 g/mol. The number of methoxy groups -OCH3 is 2. The first-order chi connectivity index (χ1) is 14.0. The molecule has 0 aliphatic carbocycles. The smallest absolute Gasteiger partial charge is 0.348 e. The first-order valence-corrected chi connectivity index (χ1v) is 11.4. The number of carbonyl (C=O) groups is 1. The molecule has 0 fully saturated rings. The molecule has 1 aromatic rings. The number of nitriles is 1. The third kappa shape index (κ3) is 7.02. The van der Waals surface area contributed by atoms with Crippen molar-refractivity contribution >= 4 is 13.6 Å². The molecule has 0 aliphatic heterocycles. The van der Waals surface area contributed by atoms with E-state index in [-0.39, 0.29) is 19.6 Å². The van der Waals surface area contributed by atoms with Gasteiger partial charge >= 0.3 is 13.6 Å². The van der Waals surface area contributed by atoms with Gasteiger partial charge in [0.05, 0.1) is 39.4 Å². The molecule has 0 heterocycles. The molecule has 0 saturated carbocycles. The summed E-state index contributed by atoms with van der Waals surface area (Å²) < 4.78 is 40.2. The Labute approximate surface area is 178 Å². The number of benzene rings is 1. The second kappa shape index (κ2) is 11.4. The van der Waals surface area contributed by atoms with Crippen molar-refractivity contribution in [3.05, 3.63) is 23.8 Å². The number of hydrogen-bond acceptors (Lipinski definition) is 8. The first kappa shape index (κ1) is 26.0. The lowest BCUT2D eigenvalue weighted by Crippen LogP contribution is -2.36. The van der Waals surface area contributed by atoms with Crippen molar-refractivity contribution in [1.82, 2.24) is 0 Å². The van der Waals surface area contributed by atoms with E-state index in [1.807, 2.05) is 6.07 Å². The third-order valence-corrected chi connectivity index (χ3v) is 6.48. The Bertz CT molecular complexity index is 788. The minimum absolute atomic E-state index is 0.0762. The Morgan fingerprint density at radius 2 is 1.67 bits per heavy atom. The topological polar surface area (TPSA) is 104 Å². The first-order valence-electron chi connectivity index (χ1n) is 9.77. The minimum Gasteiger partial charge on any atom is -0.493 e. The maximum absolute atomic E-state index is 13.4. The Morgan fingerprint density at radius 1 is 1.10 bits per heavy atom. The Hall–Kier alpha value is -2.07. The van der Waals surface area contributed by atoms with E-state index in [1.54, 1.807) is 52.8 Å². The van der Waals surface area contributed by atoms with Crippen LogP contribution in [0.15, 0.2) is 18.2 Å². The molecule has 1 unspecified atom stereocenters. The summed E-state index contributed by atoms with van der Waals surface area (Å²) in [5.74, 6) is -0.717. The molecule has 0 bridgehead atoms. The number of ether oxygens (including phenoxy) is 3. The molecule has 0 aromatic heterocycles. The van der Waals surface area contributed by atoms with Crippen LogP contribution in [0.2, 0.25) is 0 Å². The summed E-state index contributed by atoms with van der Waals surface area (Å²) in [6, 6.07) is 7.14. The summed E-state index contributed by atoms with van der Waals surface area (Å²) in [7, 11) is -0.870. The van der Waals surface area contributed by atoms with Crippen LogP contribution in [0, 0.1) is 17.2 Å². The molecular weight excluding hydrogens is 409 g/mol. The van der Waals surface area contributed by atoms with E-state index in [1.165, 1.54) is 14.2 Å². The van der Waals surface area contributed by atoms with Crippen LogP contribution in [-0.4, -0.2) is 44.7 Å². The van der Waals surface area contributed by atoms with Crippen molar-refractivity contribution in [3.8, 4) is 17.6 Å². The lowest BCUT2D eigenvalue weighted by molar-refractivity contribution is -0.159. The standard InChI is InChI=1S/C21H32NO7P/c1-8-27-30(24,28-9-2)19(14-22)16(20(23)29-21(3,4)5)12-15-10-11-17(25-6)18(13-15)26-7/h10-11,13,16,19H,8-9,12H2,1-7H3/t16-,19?/m0/s1. The van der Waals surface area contributed by atoms with Gasteiger partial charge in [-0.15, -0.1) is 0 Å². The van der Waals surface area contributed by atoms with E-state index in [9.17, 15) is 14.6 Å². The van der Waals surface area contributed by atoms with Gasteiger partial charge in [0.15, 0.2) is 17.2 Å². The maximum Gasteiger partial charge on any atom is 0.348 e. The largest absolute Gasteiger partial charge is 0.493 e. The van der Waals surface area contributed by atoms with Crippen LogP contribution in [0.25, 0.3) is 0 Å². The summed E-state index contributed by atoms with van der Waals surface area (Å²) in [6.45, 7) is 8.63. The van der Waals surface area contributed by atoms with Gasteiger partial charge in [0.1, 0.15) is 5.60 Å². The fraction of sp³-hybridized carbons (Fsp3) is 0.619. The van der Waals surface area contributed by atoms with Gasteiger partial charge < -0.3 is 23.3 Å². The summed E-state index contributed by atoms with van der Waals surface area (Å²) in [6.07, 6.45) is 0.0810. The molecule has 1 aromatic carbocycles. The number of carbonyl (C=O) groups excluding carboxylic acids is 1. The van der Waals surface area contributed by atoms with E-state index in [2.05, 4.69) is 0 Å². The molecular formula is C21H32NO7P. The molecule has 0 spiro atoms. The molecule has 2 atom stereocenters. The fourth-order valence-corrected chi connectivity index (χ4v) is 4.83. The molecule has 1 rings (SSSR count). The molecule has 30 heavy (non-hydrogen) atoms. The number of hydrogen-bond donors (Lipinski definition) is 0. The minimum atomic E-state index is -3.89. The van der Waals surface area contributed by atoms with Gasteiger partial charge in [-0.25, -0.2) is 0 Å². The van der Waals surface area contributed by atoms with Crippen molar-refractivity contribution in [3.63, 3.8) is 0 Å². The molecule has 0 aliphatic rings. The monoisotopic (exact) mass is 441 g/mol. The van der Waals surface area contributed by atoms with Gasteiger partial charge in [-0.1, -0.05) is 6.07 Å². The zero-order chi connectivity index (χ0) is 22.9. The molecule has 8 nitrogen and oxygen atoms in total. The fourth-order valence-electron chi connectivity index (χ4n) is 2.90. The van der Waals surface area contributed by atoms with Crippen LogP contribution in [0.4, 0.5) is 0 Å². The lowest BCUT2D eigenvalue weighted by Gasteiger charge is -2.29. The summed E-state index contributed by atoms with van der Waals surface area (Å²) in [4.78, 5) is 13.0. The van der Waals surface area contributed by atoms with Crippen LogP contribution < -0.4 is 9.47 Å². The van der Waals surface area contributed by atoms with Crippen molar-refractivity contribution in [2.75, 3.05) is 27.4 Å². The van der Waals surface area contributed by atoms with Gasteiger partial charge in [-0.05, 0) is 58.7 Å². The normalized spacial score (nSPS) is 13.8. The Kier molecular flexibility index (Phi) is 9.83. The highest BCUT2D eigenvalue weighted by molar-refractivity contribution is 7.55. The number of nitrogens with zero attached hydrogens (tertiary/aromatic N) is 1. The zero-order valence-corrected chi connectivity index (χ0v) is 19.7. The molecule has 0 N–H and O–H groups in total. The van der Waals surface area contributed by atoms with Gasteiger partial charge in [-0.3, -0.25) is 9.36 Å². The maximum atomic E-state index is 13.4. The van der Waals surface area contributed by atoms with E-state index in [0.29, 0.717) is 17.1 Å². The third-order valence-electron chi connectivity index (χ3n) is 4.09. The van der Waals surface area contributed by atoms with Crippen molar-refractivity contribution in [1.29, 1.82) is 5.26 Å². The molecule has 168 valence electrons. The average Bonchev–Trinajstić information content (AvgIpc) is 2.66.